The maximum Gasteiger partial charge on any atom is 0.264 e. The van der Waals surface area contributed by atoms with E-state index in [4.69, 9.17) is 0 Å². The number of hydrogen-bond donors (Lipinski definition) is 1. The van der Waals surface area contributed by atoms with Crippen LogP contribution in [0.2, 0.25) is 0 Å². The maximum atomic E-state index is 13.2. The molecule has 5 nitrogen and oxygen atoms in total. The second-order valence-electron chi connectivity index (χ2n) is 7.12. The highest BCUT2D eigenvalue weighted by Gasteiger charge is 2.36. The second kappa shape index (κ2) is 7.85. The third-order valence-electron chi connectivity index (χ3n) is 4.95. The maximum absolute atomic E-state index is 13.2. The van der Waals surface area contributed by atoms with E-state index in [0.29, 0.717) is 23.4 Å². The highest BCUT2D eigenvalue weighted by molar-refractivity contribution is 9.10. The summed E-state index contributed by atoms with van der Waals surface area (Å²) >= 11 is 3.37. The third kappa shape index (κ3) is 3.85. The highest BCUT2D eigenvalue weighted by Crippen LogP contribution is 2.37. The molecule has 1 heterocycles. The predicted molar refractivity (Wildman–Crippen MR) is 118 cm³/mol. The van der Waals surface area contributed by atoms with Crippen molar-refractivity contribution in [2.45, 2.75) is 24.3 Å². The summed E-state index contributed by atoms with van der Waals surface area (Å²) in [6.45, 7) is 1.81. The molecule has 8 heteroatoms. The van der Waals surface area contributed by atoms with Crippen LogP contribution in [0.4, 0.5) is 15.8 Å². The molecule has 0 saturated heterocycles. The molecule has 3 aromatic rings. The number of halogens is 2. The summed E-state index contributed by atoms with van der Waals surface area (Å²) < 4.78 is 41.7. The van der Waals surface area contributed by atoms with E-state index in [0.717, 1.165) is 22.2 Å². The average molecular weight is 489 g/mol. The van der Waals surface area contributed by atoms with Crippen molar-refractivity contribution >= 4 is 43.2 Å². The first kappa shape index (κ1) is 20.6. The molecule has 3 aromatic carbocycles. The summed E-state index contributed by atoms with van der Waals surface area (Å²) in [6.07, 6.45) is 0.480. The average Bonchev–Trinajstić information content (AvgIpc) is 3.03. The minimum absolute atomic E-state index is 0.0278. The summed E-state index contributed by atoms with van der Waals surface area (Å²) in [4.78, 5) is 12.7. The SMILES string of the molecule is C[C@@H]1Cc2cc(C(=O)Nc3cccc(Br)c3)ccc2N1S(=O)(=O)c1ccc(F)cc1. The molecule has 0 aromatic heterocycles. The van der Waals surface area contributed by atoms with Gasteiger partial charge in [-0.1, -0.05) is 22.0 Å². The molecule has 0 radical (unpaired) electrons. The summed E-state index contributed by atoms with van der Waals surface area (Å²) in [5, 5.41) is 2.84. The largest absolute Gasteiger partial charge is 0.322 e. The van der Waals surface area contributed by atoms with Gasteiger partial charge in [0.05, 0.1) is 10.6 Å². The van der Waals surface area contributed by atoms with E-state index in [1.54, 1.807) is 30.3 Å². The molecule has 154 valence electrons. The van der Waals surface area contributed by atoms with E-state index in [9.17, 15) is 17.6 Å². The van der Waals surface area contributed by atoms with Gasteiger partial charge in [0, 0.05) is 21.8 Å². The van der Waals surface area contributed by atoms with Crippen LogP contribution in [0.5, 0.6) is 0 Å². The Bertz CT molecular complexity index is 1230. The van der Waals surface area contributed by atoms with Crippen molar-refractivity contribution in [1.82, 2.24) is 0 Å². The number of benzene rings is 3. The van der Waals surface area contributed by atoms with Gasteiger partial charge in [0.2, 0.25) is 0 Å². The summed E-state index contributed by atoms with van der Waals surface area (Å²) in [6, 6.07) is 16.7. The van der Waals surface area contributed by atoms with Gasteiger partial charge in [0.1, 0.15) is 5.82 Å². The van der Waals surface area contributed by atoms with Crippen LogP contribution in [-0.4, -0.2) is 20.4 Å². The first-order valence-electron chi connectivity index (χ1n) is 9.25. The zero-order valence-electron chi connectivity index (χ0n) is 16.0. The van der Waals surface area contributed by atoms with E-state index in [1.165, 1.54) is 16.4 Å². The number of nitrogens with zero attached hydrogens (tertiary/aromatic N) is 1. The van der Waals surface area contributed by atoms with Gasteiger partial charge in [0.15, 0.2) is 0 Å². The van der Waals surface area contributed by atoms with E-state index in [1.807, 2.05) is 19.1 Å². The molecule has 30 heavy (non-hydrogen) atoms. The van der Waals surface area contributed by atoms with Crippen molar-refractivity contribution in [2.75, 3.05) is 9.62 Å². The second-order valence-corrected chi connectivity index (χ2v) is 9.85. The van der Waals surface area contributed by atoms with Gasteiger partial charge < -0.3 is 5.32 Å². The summed E-state index contributed by atoms with van der Waals surface area (Å²) in [5.41, 5.74) is 2.41. The van der Waals surface area contributed by atoms with Crippen LogP contribution in [0.15, 0.2) is 76.1 Å². The standard InChI is InChI=1S/C22H18BrFN2O3S/c1-14-11-16-12-15(22(27)25-19-4-2-3-17(23)13-19)5-10-21(16)26(14)30(28,29)20-8-6-18(24)7-9-20/h2-10,12-14H,11H2,1H3,(H,25,27)/t14-/m1/s1. The van der Waals surface area contributed by atoms with Crippen LogP contribution in [0.3, 0.4) is 0 Å². The van der Waals surface area contributed by atoms with Crippen LogP contribution in [0, 0.1) is 5.82 Å². The number of hydrogen-bond acceptors (Lipinski definition) is 3. The Labute approximate surface area is 182 Å². The molecule has 0 saturated carbocycles. The lowest BCUT2D eigenvalue weighted by Gasteiger charge is -2.24. The third-order valence-corrected chi connectivity index (χ3v) is 7.38. The molecule has 1 aliphatic rings. The minimum atomic E-state index is -3.84. The molecule has 1 atom stereocenters. The van der Waals surface area contributed by atoms with Crippen molar-refractivity contribution in [3.63, 3.8) is 0 Å². The molecule has 1 amide bonds. The van der Waals surface area contributed by atoms with E-state index >= 15 is 0 Å². The smallest absolute Gasteiger partial charge is 0.264 e. The Kier molecular flexibility index (Phi) is 5.38. The molecule has 0 unspecified atom stereocenters. The fourth-order valence-electron chi connectivity index (χ4n) is 3.60. The lowest BCUT2D eigenvalue weighted by atomic mass is 10.1. The molecule has 0 aliphatic carbocycles. The van der Waals surface area contributed by atoms with Gasteiger partial charge in [-0.15, -0.1) is 0 Å². The number of rotatable bonds is 4. The molecular weight excluding hydrogens is 471 g/mol. The van der Waals surface area contributed by atoms with Crippen molar-refractivity contribution < 1.29 is 17.6 Å². The van der Waals surface area contributed by atoms with Gasteiger partial charge in [-0.2, -0.15) is 0 Å². The van der Waals surface area contributed by atoms with Gasteiger partial charge in [-0.25, -0.2) is 12.8 Å². The van der Waals surface area contributed by atoms with Crippen LogP contribution >= 0.6 is 15.9 Å². The Morgan fingerprint density at radius 3 is 2.53 bits per heavy atom. The molecule has 0 fully saturated rings. The van der Waals surface area contributed by atoms with Gasteiger partial charge in [-0.05, 0) is 79.6 Å². The van der Waals surface area contributed by atoms with Crippen LogP contribution in [0.25, 0.3) is 0 Å². The number of nitrogens with one attached hydrogen (secondary N) is 1. The van der Waals surface area contributed by atoms with Gasteiger partial charge >= 0.3 is 0 Å². The van der Waals surface area contributed by atoms with Gasteiger partial charge in [-0.3, -0.25) is 9.10 Å². The number of carbonyl (C=O) groups excluding carboxylic acids is 1. The summed E-state index contributed by atoms with van der Waals surface area (Å²) in [7, 11) is -3.84. The zero-order valence-corrected chi connectivity index (χ0v) is 18.4. The predicted octanol–water partition coefficient (Wildman–Crippen LogP) is 4.98. The molecule has 0 bridgehead atoms. The first-order valence-corrected chi connectivity index (χ1v) is 11.5. The van der Waals surface area contributed by atoms with Crippen LogP contribution < -0.4 is 9.62 Å². The lowest BCUT2D eigenvalue weighted by molar-refractivity contribution is 0.102. The topological polar surface area (TPSA) is 66.5 Å². The molecule has 0 spiro atoms. The van der Waals surface area contributed by atoms with Crippen molar-refractivity contribution in [2.24, 2.45) is 0 Å². The number of anilines is 2. The molecule has 1 aliphatic heterocycles. The fourth-order valence-corrected chi connectivity index (χ4v) is 5.69. The van der Waals surface area contributed by atoms with Crippen molar-refractivity contribution in [3.05, 3.63) is 88.1 Å². The molecule has 4 rings (SSSR count). The quantitative estimate of drug-likeness (QED) is 0.562. The summed E-state index contributed by atoms with van der Waals surface area (Å²) in [5.74, 6) is -0.770. The first-order chi connectivity index (χ1) is 14.3. The van der Waals surface area contributed by atoms with E-state index < -0.39 is 15.8 Å². The monoisotopic (exact) mass is 488 g/mol. The minimum Gasteiger partial charge on any atom is -0.322 e. The number of sulfonamides is 1. The molecular formula is C22H18BrFN2O3S. The van der Waals surface area contributed by atoms with Crippen LogP contribution in [0.1, 0.15) is 22.8 Å². The Morgan fingerprint density at radius 2 is 1.83 bits per heavy atom. The number of amides is 1. The lowest BCUT2D eigenvalue weighted by Crippen LogP contribution is -2.35. The Morgan fingerprint density at radius 1 is 1.10 bits per heavy atom. The fraction of sp³-hybridized carbons (Fsp3) is 0.136. The van der Waals surface area contributed by atoms with Crippen molar-refractivity contribution in [1.29, 1.82) is 0 Å². The Balaban J connectivity index is 1.63. The van der Waals surface area contributed by atoms with E-state index in [-0.39, 0.29) is 16.8 Å². The van der Waals surface area contributed by atoms with Gasteiger partial charge in [0.25, 0.3) is 15.9 Å². The molecule has 1 N–H and O–H groups in total. The van der Waals surface area contributed by atoms with Crippen LogP contribution in [-0.2, 0) is 16.4 Å². The van der Waals surface area contributed by atoms with Crippen molar-refractivity contribution in [3.8, 4) is 0 Å². The number of fused-ring (bicyclic) bond motifs is 1. The normalized spacial score (nSPS) is 15.7. The zero-order chi connectivity index (χ0) is 21.5. The number of carbonyl (C=O) groups is 1. The highest BCUT2D eigenvalue weighted by atomic mass is 79.9. The van der Waals surface area contributed by atoms with E-state index in [2.05, 4.69) is 21.2 Å². The Hall–Kier alpha value is -2.71.